The molecule has 0 bridgehead atoms. The van der Waals surface area contributed by atoms with Crippen LogP contribution in [0.5, 0.6) is 0 Å². The Balaban J connectivity index is 2.71. The SMILES string of the molecule is CCOC(=O)c1nn(CC)c2[nH]ccc(=O)c12. The van der Waals surface area contributed by atoms with E-state index in [9.17, 15) is 9.59 Å². The Labute approximate surface area is 97.2 Å². The highest BCUT2D eigenvalue weighted by molar-refractivity contribution is 6.00. The highest BCUT2D eigenvalue weighted by atomic mass is 16.5. The van der Waals surface area contributed by atoms with Gasteiger partial charge in [0.2, 0.25) is 0 Å². The van der Waals surface area contributed by atoms with Crippen LogP contribution in [0.2, 0.25) is 0 Å². The fourth-order valence-corrected chi connectivity index (χ4v) is 1.69. The van der Waals surface area contributed by atoms with Crippen LogP contribution in [0.25, 0.3) is 11.0 Å². The first-order valence-corrected chi connectivity index (χ1v) is 5.44. The molecule has 0 atom stereocenters. The topological polar surface area (TPSA) is 77.0 Å². The summed E-state index contributed by atoms with van der Waals surface area (Å²) in [7, 11) is 0. The Hall–Kier alpha value is -2.11. The smallest absolute Gasteiger partial charge is 0.359 e. The van der Waals surface area contributed by atoms with E-state index in [2.05, 4.69) is 10.1 Å². The summed E-state index contributed by atoms with van der Waals surface area (Å²) in [6, 6.07) is 1.37. The van der Waals surface area contributed by atoms with Crippen LogP contribution in [0.3, 0.4) is 0 Å². The molecule has 2 rings (SSSR count). The summed E-state index contributed by atoms with van der Waals surface area (Å²) in [6.07, 6.45) is 1.54. The molecule has 0 unspecified atom stereocenters. The molecule has 2 heterocycles. The van der Waals surface area contributed by atoms with Gasteiger partial charge in [0, 0.05) is 18.8 Å². The van der Waals surface area contributed by atoms with Gasteiger partial charge in [-0.15, -0.1) is 0 Å². The molecule has 0 saturated carbocycles. The highest BCUT2D eigenvalue weighted by Crippen LogP contribution is 2.13. The van der Waals surface area contributed by atoms with Gasteiger partial charge in [-0.3, -0.25) is 4.79 Å². The molecule has 0 saturated heterocycles. The van der Waals surface area contributed by atoms with Crippen LogP contribution in [-0.2, 0) is 11.3 Å². The second-order valence-electron chi connectivity index (χ2n) is 3.45. The molecule has 0 fully saturated rings. The molecule has 2 aromatic heterocycles. The Morgan fingerprint density at radius 2 is 2.29 bits per heavy atom. The fraction of sp³-hybridized carbons (Fsp3) is 0.364. The van der Waals surface area contributed by atoms with Crippen molar-refractivity contribution >= 4 is 17.0 Å². The molecule has 17 heavy (non-hydrogen) atoms. The van der Waals surface area contributed by atoms with E-state index in [1.807, 2.05) is 6.92 Å². The summed E-state index contributed by atoms with van der Waals surface area (Å²) >= 11 is 0. The molecule has 90 valence electrons. The van der Waals surface area contributed by atoms with Crippen molar-refractivity contribution in [2.75, 3.05) is 6.61 Å². The van der Waals surface area contributed by atoms with Gasteiger partial charge in [0.1, 0.15) is 5.65 Å². The molecule has 1 N–H and O–H groups in total. The second kappa shape index (κ2) is 4.40. The number of aryl methyl sites for hydroxylation is 1. The van der Waals surface area contributed by atoms with Crippen LogP contribution in [0.15, 0.2) is 17.1 Å². The number of hydrogen-bond donors (Lipinski definition) is 1. The highest BCUT2D eigenvalue weighted by Gasteiger charge is 2.20. The normalized spacial score (nSPS) is 10.7. The largest absolute Gasteiger partial charge is 0.461 e. The van der Waals surface area contributed by atoms with Gasteiger partial charge in [0.15, 0.2) is 11.1 Å². The average Bonchev–Trinajstić information content (AvgIpc) is 2.69. The number of fused-ring (bicyclic) bond motifs is 1. The molecule has 6 heteroatoms. The average molecular weight is 235 g/mol. The van der Waals surface area contributed by atoms with Gasteiger partial charge in [0.25, 0.3) is 0 Å². The molecule has 2 aromatic rings. The van der Waals surface area contributed by atoms with Gasteiger partial charge in [-0.05, 0) is 13.8 Å². The maximum Gasteiger partial charge on any atom is 0.359 e. The minimum atomic E-state index is -0.568. The lowest BCUT2D eigenvalue weighted by Crippen LogP contribution is -2.09. The van der Waals surface area contributed by atoms with E-state index in [-0.39, 0.29) is 23.1 Å². The number of rotatable bonds is 3. The van der Waals surface area contributed by atoms with Gasteiger partial charge in [-0.1, -0.05) is 0 Å². The summed E-state index contributed by atoms with van der Waals surface area (Å²) in [6.45, 7) is 4.41. The summed E-state index contributed by atoms with van der Waals surface area (Å²) < 4.78 is 6.45. The number of carbonyl (C=O) groups is 1. The zero-order valence-electron chi connectivity index (χ0n) is 9.69. The molecule has 0 radical (unpaired) electrons. The van der Waals surface area contributed by atoms with Crippen molar-refractivity contribution < 1.29 is 9.53 Å². The van der Waals surface area contributed by atoms with Crippen LogP contribution >= 0.6 is 0 Å². The van der Waals surface area contributed by atoms with Crippen molar-refractivity contribution in [3.05, 3.63) is 28.2 Å². The van der Waals surface area contributed by atoms with Crippen molar-refractivity contribution in [1.29, 1.82) is 0 Å². The minimum absolute atomic E-state index is 0.0746. The lowest BCUT2D eigenvalue weighted by atomic mass is 10.2. The first-order valence-electron chi connectivity index (χ1n) is 5.44. The van der Waals surface area contributed by atoms with Crippen molar-refractivity contribution in [3.63, 3.8) is 0 Å². The van der Waals surface area contributed by atoms with Gasteiger partial charge < -0.3 is 9.72 Å². The van der Waals surface area contributed by atoms with Crippen molar-refractivity contribution in [2.45, 2.75) is 20.4 Å². The van der Waals surface area contributed by atoms with Crippen molar-refractivity contribution in [2.24, 2.45) is 0 Å². The molecule has 6 nitrogen and oxygen atoms in total. The predicted molar refractivity (Wildman–Crippen MR) is 62.0 cm³/mol. The summed E-state index contributed by atoms with van der Waals surface area (Å²) in [5.41, 5.74) is 0.384. The van der Waals surface area contributed by atoms with Crippen LogP contribution in [0.4, 0.5) is 0 Å². The standard InChI is InChI=1S/C11H13N3O3/c1-3-14-10-8(7(15)5-6-12-10)9(13-14)11(16)17-4-2/h5-6H,3-4H2,1-2H3,(H,12,15). The second-order valence-corrected chi connectivity index (χ2v) is 3.45. The monoisotopic (exact) mass is 235 g/mol. The van der Waals surface area contributed by atoms with E-state index < -0.39 is 5.97 Å². The predicted octanol–water partition coefficient (Wildman–Crippen LogP) is 0.921. The number of esters is 1. The van der Waals surface area contributed by atoms with Crippen LogP contribution < -0.4 is 5.43 Å². The summed E-state index contributed by atoms with van der Waals surface area (Å²) in [5, 5.41) is 4.38. The third kappa shape index (κ3) is 1.82. The third-order valence-corrected chi connectivity index (χ3v) is 2.42. The third-order valence-electron chi connectivity index (χ3n) is 2.42. The van der Waals surface area contributed by atoms with E-state index in [1.54, 1.807) is 11.6 Å². The number of nitrogens with zero attached hydrogens (tertiary/aromatic N) is 2. The maximum absolute atomic E-state index is 11.8. The lowest BCUT2D eigenvalue weighted by Gasteiger charge is -1.96. The molecule has 0 spiro atoms. The molecule has 0 aliphatic heterocycles. The zero-order chi connectivity index (χ0) is 12.4. The van der Waals surface area contributed by atoms with Gasteiger partial charge in [-0.2, -0.15) is 5.10 Å². The minimum Gasteiger partial charge on any atom is -0.461 e. The molecular formula is C11H13N3O3. The molecule has 0 aromatic carbocycles. The Kier molecular flexibility index (Phi) is 2.95. The quantitative estimate of drug-likeness (QED) is 0.802. The number of aromatic nitrogens is 3. The van der Waals surface area contributed by atoms with Crippen LogP contribution in [-0.4, -0.2) is 27.3 Å². The molecule has 0 aliphatic rings. The van der Waals surface area contributed by atoms with E-state index in [0.717, 1.165) is 0 Å². The van der Waals surface area contributed by atoms with Crippen LogP contribution in [0.1, 0.15) is 24.3 Å². The van der Waals surface area contributed by atoms with E-state index in [1.165, 1.54) is 12.3 Å². The molecular weight excluding hydrogens is 222 g/mol. The van der Waals surface area contributed by atoms with Crippen molar-refractivity contribution in [3.8, 4) is 0 Å². The summed E-state index contributed by atoms with van der Waals surface area (Å²) in [4.78, 5) is 26.4. The van der Waals surface area contributed by atoms with E-state index in [0.29, 0.717) is 12.2 Å². The zero-order valence-corrected chi connectivity index (χ0v) is 9.69. The number of nitrogens with one attached hydrogen (secondary N) is 1. The Bertz CT molecular complexity index is 612. The van der Waals surface area contributed by atoms with Crippen molar-refractivity contribution in [1.82, 2.24) is 14.8 Å². The number of ether oxygens (including phenoxy) is 1. The lowest BCUT2D eigenvalue weighted by molar-refractivity contribution is 0.0520. The fourth-order valence-electron chi connectivity index (χ4n) is 1.69. The first kappa shape index (κ1) is 11.4. The van der Waals surface area contributed by atoms with E-state index in [4.69, 9.17) is 4.74 Å². The van der Waals surface area contributed by atoms with Gasteiger partial charge >= 0.3 is 5.97 Å². The number of hydrogen-bond acceptors (Lipinski definition) is 4. The number of aromatic amines is 1. The Morgan fingerprint density at radius 1 is 1.53 bits per heavy atom. The molecule has 0 amide bonds. The number of pyridine rings is 1. The van der Waals surface area contributed by atoms with Crippen LogP contribution in [0, 0.1) is 0 Å². The first-order chi connectivity index (χ1) is 8.19. The number of carbonyl (C=O) groups excluding carboxylic acids is 1. The van der Waals surface area contributed by atoms with Gasteiger partial charge in [-0.25, -0.2) is 9.48 Å². The van der Waals surface area contributed by atoms with Gasteiger partial charge in [0.05, 0.1) is 12.0 Å². The Morgan fingerprint density at radius 3 is 2.94 bits per heavy atom. The van der Waals surface area contributed by atoms with E-state index >= 15 is 0 Å². The molecule has 0 aliphatic carbocycles. The maximum atomic E-state index is 11.8. The summed E-state index contributed by atoms with van der Waals surface area (Å²) in [5.74, 6) is -0.568. The number of H-pyrrole nitrogens is 1.